The maximum absolute atomic E-state index is 5.67. The van der Waals surface area contributed by atoms with Gasteiger partial charge < -0.3 is 5.73 Å². The largest absolute Gasteiger partial charge is 0.402 e. The highest BCUT2D eigenvalue weighted by molar-refractivity contribution is 5.37. The van der Waals surface area contributed by atoms with Crippen molar-refractivity contribution in [1.82, 2.24) is 0 Å². The van der Waals surface area contributed by atoms with Gasteiger partial charge in [-0.05, 0) is 24.5 Å². The second-order valence-electron chi connectivity index (χ2n) is 3.29. The third-order valence-electron chi connectivity index (χ3n) is 1.92. The van der Waals surface area contributed by atoms with E-state index in [0.717, 1.165) is 12.1 Å². The van der Waals surface area contributed by atoms with Crippen LogP contribution in [0.2, 0.25) is 0 Å². The molecule has 0 aromatic heterocycles. The first-order valence-corrected chi connectivity index (χ1v) is 4.77. The Morgan fingerprint density at radius 1 is 1.33 bits per heavy atom. The monoisotopic (exact) mass is 167 g/mol. The normalized spacial score (nSPS) is 16.0. The van der Waals surface area contributed by atoms with E-state index in [1.807, 2.05) is 13.8 Å². The Hall–Kier alpha value is -0.720. The van der Waals surface area contributed by atoms with Crippen LogP contribution in [0.15, 0.2) is 22.9 Å². The topological polar surface area (TPSA) is 26.0 Å². The van der Waals surface area contributed by atoms with Crippen molar-refractivity contribution in [3.8, 4) is 0 Å². The molecule has 1 aliphatic carbocycles. The van der Waals surface area contributed by atoms with E-state index in [9.17, 15) is 0 Å². The predicted octanol–water partition coefficient (Wildman–Crippen LogP) is 3.23. The van der Waals surface area contributed by atoms with Crippen molar-refractivity contribution in [1.29, 1.82) is 0 Å². The molecule has 2 N–H and O–H groups in total. The van der Waals surface area contributed by atoms with Crippen molar-refractivity contribution in [2.45, 2.75) is 41.0 Å². The fourth-order valence-corrected chi connectivity index (χ4v) is 1.44. The lowest BCUT2D eigenvalue weighted by atomic mass is 10.0. The van der Waals surface area contributed by atoms with Crippen molar-refractivity contribution in [3.05, 3.63) is 22.9 Å². The van der Waals surface area contributed by atoms with E-state index in [-0.39, 0.29) is 0 Å². The van der Waals surface area contributed by atoms with E-state index in [2.05, 4.69) is 26.8 Å². The summed E-state index contributed by atoms with van der Waals surface area (Å²) in [5.74, 6) is 0.626. The molecule has 0 amide bonds. The molecule has 1 nitrogen and oxygen atoms in total. The zero-order chi connectivity index (χ0) is 9.72. The first-order valence-electron chi connectivity index (χ1n) is 4.77. The molecule has 70 valence electrons. The molecule has 0 heterocycles. The number of hydrogen-bond acceptors (Lipinski definition) is 1. The Morgan fingerprint density at radius 2 is 1.83 bits per heavy atom. The molecule has 1 aliphatic rings. The van der Waals surface area contributed by atoms with Gasteiger partial charge in [-0.3, -0.25) is 0 Å². The Bertz CT molecular complexity index is 197. The zero-order valence-corrected chi connectivity index (χ0v) is 8.94. The highest BCUT2D eigenvalue weighted by Gasteiger charge is 2.11. The Balaban J connectivity index is 0.000000561. The molecule has 0 saturated carbocycles. The smallest absolute Gasteiger partial charge is 0.0125 e. The van der Waals surface area contributed by atoms with Crippen LogP contribution in [0.3, 0.4) is 0 Å². The van der Waals surface area contributed by atoms with E-state index in [1.165, 1.54) is 11.1 Å². The van der Waals surface area contributed by atoms with Gasteiger partial charge in [0, 0.05) is 12.1 Å². The Morgan fingerprint density at radius 3 is 2.00 bits per heavy atom. The molecule has 0 radical (unpaired) electrons. The maximum atomic E-state index is 5.67. The molecule has 0 fully saturated rings. The molecule has 12 heavy (non-hydrogen) atoms. The van der Waals surface area contributed by atoms with E-state index >= 15 is 0 Å². The average Bonchev–Trinajstić information content (AvgIpc) is 2.34. The number of rotatable bonds is 1. The van der Waals surface area contributed by atoms with Crippen LogP contribution in [0.25, 0.3) is 0 Å². The quantitative estimate of drug-likeness (QED) is 0.637. The second-order valence-corrected chi connectivity index (χ2v) is 3.29. The number of allylic oxidation sites excluding steroid dienone is 3. The fourth-order valence-electron chi connectivity index (χ4n) is 1.44. The van der Waals surface area contributed by atoms with Gasteiger partial charge in [0.15, 0.2) is 0 Å². The first kappa shape index (κ1) is 11.3. The average molecular weight is 167 g/mol. The summed E-state index contributed by atoms with van der Waals surface area (Å²) in [6.45, 7) is 10.6. The highest BCUT2D eigenvalue weighted by atomic mass is 14.6. The predicted molar refractivity (Wildman–Crippen MR) is 55.8 cm³/mol. The summed E-state index contributed by atoms with van der Waals surface area (Å²) >= 11 is 0. The standard InChI is InChI=1S/C9H15N.C2H6/c1-6(2)9-5-8(10)4-7(9)3;1-2/h5-6H,4,10H2,1-3H3;1-2H3. The summed E-state index contributed by atoms with van der Waals surface area (Å²) in [6, 6.07) is 0. The highest BCUT2D eigenvalue weighted by Crippen LogP contribution is 2.26. The summed E-state index contributed by atoms with van der Waals surface area (Å²) < 4.78 is 0. The lowest BCUT2D eigenvalue weighted by Crippen LogP contribution is -1.91. The van der Waals surface area contributed by atoms with Gasteiger partial charge in [-0.25, -0.2) is 0 Å². The van der Waals surface area contributed by atoms with Crippen LogP contribution >= 0.6 is 0 Å². The van der Waals surface area contributed by atoms with Gasteiger partial charge >= 0.3 is 0 Å². The van der Waals surface area contributed by atoms with Crippen molar-refractivity contribution >= 4 is 0 Å². The number of nitrogens with two attached hydrogens (primary N) is 1. The number of hydrogen-bond donors (Lipinski definition) is 1. The van der Waals surface area contributed by atoms with Crippen LogP contribution in [-0.4, -0.2) is 0 Å². The summed E-state index contributed by atoms with van der Waals surface area (Å²) in [5, 5.41) is 0. The van der Waals surface area contributed by atoms with Crippen LogP contribution < -0.4 is 5.73 Å². The molecule has 0 bridgehead atoms. The van der Waals surface area contributed by atoms with Gasteiger partial charge in [-0.2, -0.15) is 0 Å². The third-order valence-corrected chi connectivity index (χ3v) is 1.92. The SMILES string of the molecule is CC.CC1=C(C(C)C)C=C(N)C1. The summed E-state index contributed by atoms with van der Waals surface area (Å²) in [6.07, 6.45) is 3.09. The van der Waals surface area contributed by atoms with E-state index in [4.69, 9.17) is 5.73 Å². The minimum absolute atomic E-state index is 0.626. The Kier molecular flexibility index (Phi) is 4.72. The minimum atomic E-state index is 0.626. The maximum Gasteiger partial charge on any atom is 0.0125 e. The lowest BCUT2D eigenvalue weighted by Gasteiger charge is -2.04. The van der Waals surface area contributed by atoms with Crippen molar-refractivity contribution in [2.24, 2.45) is 11.7 Å². The van der Waals surface area contributed by atoms with Crippen LogP contribution in [-0.2, 0) is 0 Å². The molecule has 1 rings (SSSR count). The van der Waals surface area contributed by atoms with Gasteiger partial charge in [0.25, 0.3) is 0 Å². The lowest BCUT2D eigenvalue weighted by molar-refractivity contribution is 0.783. The van der Waals surface area contributed by atoms with Crippen LogP contribution in [0.5, 0.6) is 0 Å². The molecule has 0 spiro atoms. The summed E-state index contributed by atoms with van der Waals surface area (Å²) in [4.78, 5) is 0. The zero-order valence-electron chi connectivity index (χ0n) is 8.94. The minimum Gasteiger partial charge on any atom is -0.402 e. The molecule has 0 aromatic carbocycles. The van der Waals surface area contributed by atoms with Gasteiger partial charge in [0.1, 0.15) is 0 Å². The van der Waals surface area contributed by atoms with E-state index in [0.29, 0.717) is 5.92 Å². The van der Waals surface area contributed by atoms with Crippen molar-refractivity contribution in [2.75, 3.05) is 0 Å². The second kappa shape index (κ2) is 5.02. The van der Waals surface area contributed by atoms with Crippen molar-refractivity contribution < 1.29 is 0 Å². The third kappa shape index (κ3) is 2.72. The van der Waals surface area contributed by atoms with Crippen molar-refractivity contribution in [3.63, 3.8) is 0 Å². The molecule has 0 saturated heterocycles. The van der Waals surface area contributed by atoms with Crippen LogP contribution in [0, 0.1) is 5.92 Å². The molecule has 1 heteroatoms. The molecule has 0 unspecified atom stereocenters. The van der Waals surface area contributed by atoms with Gasteiger partial charge in [0.2, 0.25) is 0 Å². The van der Waals surface area contributed by atoms with E-state index in [1.54, 1.807) is 0 Å². The molecular formula is C11H21N. The van der Waals surface area contributed by atoms with Crippen LogP contribution in [0.4, 0.5) is 0 Å². The van der Waals surface area contributed by atoms with Gasteiger partial charge in [-0.1, -0.05) is 33.3 Å². The molecule has 0 aromatic rings. The van der Waals surface area contributed by atoms with E-state index < -0.39 is 0 Å². The molecule has 0 aliphatic heterocycles. The van der Waals surface area contributed by atoms with Gasteiger partial charge in [-0.15, -0.1) is 0 Å². The molecular weight excluding hydrogens is 146 g/mol. The van der Waals surface area contributed by atoms with Crippen LogP contribution in [0.1, 0.15) is 41.0 Å². The molecule has 0 atom stereocenters. The van der Waals surface area contributed by atoms with Gasteiger partial charge in [0.05, 0.1) is 0 Å². The Labute approximate surface area is 76.3 Å². The first-order chi connectivity index (χ1) is 5.61. The summed E-state index contributed by atoms with van der Waals surface area (Å²) in [7, 11) is 0. The fraction of sp³-hybridized carbons (Fsp3) is 0.636. The summed E-state index contributed by atoms with van der Waals surface area (Å²) in [5.41, 5.74) is 9.55.